The topological polar surface area (TPSA) is 17.0 Å². The number of fused-ring (bicyclic) bond motifs is 8. The third-order valence-electron chi connectivity index (χ3n) is 8.92. The van der Waals surface area contributed by atoms with Crippen molar-refractivity contribution in [3.05, 3.63) is 164 Å². The lowest BCUT2D eigenvalue weighted by Gasteiger charge is -2.12. The highest BCUT2D eigenvalue weighted by atomic mass is 15.0. The van der Waals surface area contributed by atoms with E-state index in [4.69, 9.17) is 0 Å². The zero-order chi connectivity index (χ0) is 29.0. The summed E-state index contributed by atoms with van der Waals surface area (Å²) in [6.45, 7) is 0. The molecule has 0 saturated heterocycles. The van der Waals surface area contributed by atoms with Gasteiger partial charge in [0.25, 0.3) is 0 Å². The first-order valence-corrected chi connectivity index (χ1v) is 15.1. The number of nitrogens with zero attached hydrogens (tertiary/aromatic N) is 1. The molecular weight excluding hydrogens is 532 g/mol. The number of benzene rings is 8. The van der Waals surface area contributed by atoms with E-state index in [1.54, 1.807) is 0 Å². The maximum atomic E-state index is 3.69. The van der Waals surface area contributed by atoms with Gasteiger partial charge in [-0.3, -0.25) is 0 Å². The standard InChI is InChI=1S/C42H28N2/c1-2-12-33(13-3-1)44-40-25-23-32(27-39(40)42-35-15-7-4-10-28(35)20-24-41(42)44)43-31-21-18-29(19-22-31)38-26-30-11-5-6-14-34(30)36-16-8-9-17-37(36)38/h1-27,43H. The van der Waals surface area contributed by atoms with Crippen LogP contribution in [0, 0.1) is 0 Å². The maximum absolute atomic E-state index is 3.69. The van der Waals surface area contributed by atoms with Gasteiger partial charge >= 0.3 is 0 Å². The molecule has 0 radical (unpaired) electrons. The van der Waals surface area contributed by atoms with E-state index in [1.165, 1.54) is 70.9 Å². The van der Waals surface area contributed by atoms with Crippen LogP contribution in [0.25, 0.3) is 70.9 Å². The minimum Gasteiger partial charge on any atom is -0.356 e. The predicted octanol–water partition coefficient (Wildman–Crippen LogP) is 11.7. The summed E-state index contributed by atoms with van der Waals surface area (Å²) in [6.07, 6.45) is 0. The molecule has 0 aliphatic carbocycles. The minimum absolute atomic E-state index is 1.06. The summed E-state index contributed by atoms with van der Waals surface area (Å²) in [7, 11) is 0. The van der Waals surface area contributed by atoms with E-state index in [1.807, 2.05) is 0 Å². The van der Waals surface area contributed by atoms with E-state index in [-0.39, 0.29) is 0 Å². The van der Waals surface area contributed by atoms with Crippen LogP contribution >= 0.6 is 0 Å². The predicted molar refractivity (Wildman–Crippen MR) is 188 cm³/mol. The normalized spacial score (nSPS) is 11.6. The molecule has 9 rings (SSSR count). The van der Waals surface area contributed by atoms with E-state index in [2.05, 4.69) is 174 Å². The number of aromatic nitrogens is 1. The van der Waals surface area contributed by atoms with Gasteiger partial charge in [-0.1, -0.05) is 109 Å². The van der Waals surface area contributed by atoms with Crippen molar-refractivity contribution in [2.24, 2.45) is 0 Å². The van der Waals surface area contributed by atoms with Crippen molar-refractivity contribution in [1.82, 2.24) is 4.57 Å². The summed E-state index contributed by atoms with van der Waals surface area (Å²) in [4.78, 5) is 0. The Bertz CT molecular complexity index is 2500. The van der Waals surface area contributed by atoms with Crippen molar-refractivity contribution in [1.29, 1.82) is 0 Å². The highest BCUT2D eigenvalue weighted by Gasteiger charge is 2.15. The van der Waals surface area contributed by atoms with Crippen molar-refractivity contribution >= 4 is 65.5 Å². The second-order valence-electron chi connectivity index (χ2n) is 11.5. The van der Waals surface area contributed by atoms with E-state index < -0.39 is 0 Å². The number of nitrogens with one attached hydrogen (secondary N) is 1. The van der Waals surface area contributed by atoms with Crippen molar-refractivity contribution in [3.63, 3.8) is 0 Å². The molecule has 8 aromatic carbocycles. The average molecular weight is 561 g/mol. The summed E-state index contributed by atoms with van der Waals surface area (Å²) in [6, 6.07) is 59.1. The largest absolute Gasteiger partial charge is 0.356 e. The lowest BCUT2D eigenvalue weighted by Crippen LogP contribution is -1.94. The van der Waals surface area contributed by atoms with Gasteiger partial charge in [0.05, 0.1) is 11.0 Å². The van der Waals surface area contributed by atoms with Gasteiger partial charge in [0, 0.05) is 27.8 Å². The number of anilines is 2. The number of rotatable bonds is 4. The molecule has 0 saturated carbocycles. The van der Waals surface area contributed by atoms with E-state index in [0.29, 0.717) is 0 Å². The second-order valence-corrected chi connectivity index (χ2v) is 11.5. The fraction of sp³-hybridized carbons (Fsp3) is 0. The van der Waals surface area contributed by atoms with Crippen LogP contribution in [0.3, 0.4) is 0 Å². The molecule has 0 spiro atoms. The van der Waals surface area contributed by atoms with E-state index >= 15 is 0 Å². The first-order valence-electron chi connectivity index (χ1n) is 15.1. The van der Waals surface area contributed by atoms with Gasteiger partial charge in [0.1, 0.15) is 0 Å². The molecule has 1 aromatic heterocycles. The Morgan fingerprint density at radius 3 is 1.84 bits per heavy atom. The summed E-state index contributed by atoms with van der Waals surface area (Å²) >= 11 is 0. The van der Waals surface area contributed by atoms with Crippen molar-refractivity contribution in [3.8, 4) is 16.8 Å². The number of para-hydroxylation sites is 1. The Balaban J connectivity index is 1.14. The van der Waals surface area contributed by atoms with Crippen LogP contribution in [-0.2, 0) is 0 Å². The molecule has 44 heavy (non-hydrogen) atoms. The van der Waals surface area contributed by atoms with Gasteiger partial charge in [-0.05, 0) is 98.0 Å². The fourth-order valence-corrected chi connectivity index (χ4v) is 6.92. The zero-order valence-electron chi connectivity index (χ0n) is 24.0. The van der Waals surface area contributed by atoms with Crippen molar-refractivity contribution < 1.29 is 0 Å². The van der Waals surface area contributed by atoms with Gasteiger partial charge in [-0.2, -0.15) is 0 Å². The molecule has 1 heterocycles. The summed E-state index contributed by atoms with van der Waals surface area (Å²) in [5.41, 5.74) is 8.19. The smallest absolute Gasteiger partial charge is 0.0547 e. The summed E-state index contributed by atoms with van der Waals surface area (Å²) in [5.74, 6) is 0. The highest BCUT2D eigenvalue weighted by Crippen LogP contribution is 2.39. The molecular formula is C42H28N2. The van der Waals surface area contributed by atoms with Crippen LogP contribution in [0.4, 0.5) is 11.4 Å². The SMILES string of the molecule is c1ccc(-n2c3ccc(Nc4ccc(-c5cc6ccccc6c6ccccc56)cc4)cc3c3c4ccccc4ccc32)cc1. The Morgan fingerprint density at radius 2 is 1.02 bits per heavy atom. The maximum Gasteiger partial charge on any atom is 0.0547 e. The molecule has 9 aromatic rings. The van der Waals surface area contributed by atoms with Gasteiger partial charge < -0.3 is 9.88 Å². The Morgan fingerprint density at radius 1 is 0.386 bits per heavy atom. The highest BCUT2D eigenvalue weighted by molar-refractivity contribution is 6.22. The molecule has 0 atom stereocenters. The van der Waals surface area contributed by atoms with Crippen molar-refractivity contribution in [2.45, 2.75) is 0 Å². The molecule has 2 heteroatoms. The van der Waals surface area contributed by atoms with Gasteiger partial charge in [0.15, 0.2) is 0 Å². The Kier molecular flexibility index (Phi) is 5.54. The van der Waals surface area contributed by atoms with Crippen LogP contribution in [0.15, 0.2) is 164 Å². The van der Waals surface area contributed by atoms with Crippen LogP contribution in [0.2, 0.25) is 0 Å². The first-order chi connectivity index (χ1) is 21.8. The molecule has 0 fully saturated rings. The lowest BCUT2D eigenvalue weighted by atomic mass is 9.93. The van der Waals surface area contributed by atoms with Crippen molar-refractivity contribution in [2.75, 3.05) is 5.32 Å². The molecule has 0 amide bonds. The Labute approximate surface area is 255 Å². The van der Waals surface area contributed by atoms with Crippen LogP contribution in [0.5, 0.6) is 0 Å². The molecule has 0 bridgehead atoms. The molecule has 0 aliphatic heterocycles. The lowest BCUT2D eigenvalue weighted by molar-refractivity contribution is 1.18. The second kappa shape index (κ2) is 9.86. The monoisotopic (exact) mass is 560 g/mol. The summed E-state index contributed by atoms with van der Waals surface area (Å²) in [5, 5.41) is 13.9. The van der Waals surface area contributed by atoms with Gasteiger partial charge in [-0.25, -0.2) is 0 Å². The zero-order valence-corrected chi connectivity index (χ0v) is 24.0. The first kappa shape index (κ1) is 24.7. The van der Waals surface area contributed by atoms with E-state index in [9.17, 15) is 0 Å². The Hall–Kier alpha value is -5.86. The molecule has 2 nitrogen and oxygen atoms in total. The minimum atomic E-state index is 1.06. The molecule has 1 N–H and O–H groups in total. The molecule has 206 valence electrons. The van der Waals surface area contributed by atoms with Gasteiger partial charge in [-0.15, -0.1) is 0 Å². The number of hydrogen-bond acceptors (Lipinski definition) is 1. The third kappa shape index (κ3) is 3.89. The van der Waals surface area contributed by atoms with Crippen LogP contribution in [0.1, 0.15) is 0 Å². The third-order valence-corrected chi connectivity index (χ3v) is 8.92. The quantitative estimate of drug-likeness (QED) is 0.212. The fourth-order valence-electron chi connectivity index (χ4n) is 6.92. The van der Waals surface area contributed by atoms with E-state index in [0.717, 1.165) is 11.4 Å². The molecule has 0 aliphatic rings. The number of hydrogen-bond donors (Lipinski definition) is 1. The average Bonchev–Trinajstić information content (AvgIpc) is 3.43. The summed E-state index contributed by atoms with van der Waals surface area (Å²) < 4.78 is 2.38. The molecule has 0 unspecified atom stereocenters. The van der Waals surface area contributed by atoms with Crippen LogP contribution in [-0.4, -0.2) is 4.57 Å². The van der Waals surface area contributed by atoms with Gasteiger partial charge in [0.2, 0.25) is 0 Å². The van der Waals surface area contributed by atoms with Crippen LogP contribution < -0.4 is 5.32 Å².